The maximum absolute atomic E-state index is 11.6. The van der Waals surface area contributed by atoms with Gasteiger partial charge in [0, 0.05) is 18.3 Å². The number of anilines is 1. The molecule has 0 aliphatic heterocycles. The second-order valence-electron chi connectivity index (χ2n) is 4.20. The lowest BCUT2D eigenvalue weighted by atomic mass is 10.1. The number of hydrogen-bond donors (Lipinski definition) is 3. The van der Waals surface area contributed by atoms with Crippen molar-refractivity contribution in [1.29, 1.82) is 0 Å². The third kappa shape index (κ3) is 4.92. The molecule has 0 saturated carbocycles. The highest BCUT2D eigenvalue weighted by Crippen LogP contribution is 2.27. The number of carboxylic acid groups (broad SMARTS) is 1. The van der Waals surface area contributed by atoms with Gasteiger partial charge in [-0.05, 0) is 18.6 Å². The Morgan fingerprint density at radius 3 is 2.67 bits per heavy atom. The number of halogens is 1. The van der Waals surface area contributed by atoms with Gasteiger partial charge >= 0.3 is 12.0 Å². The molecule has 0 aliphatic rings. The summed E-state index contributed by atoms with van der Waals surface area (Å²) in [5, 5.41) is 24.3. The second kappa shape index (κ2) is 7.44. The van der Waals surface area contributed by atoms with Crippen molar-refractivity contribution in [3.8, 4) is 0 Å². The number of nitro groups is 1. The average molecular weight is 316 g/mol. The predicted molar refractivity (Wildman–Crippen MR) is 76.5 cm³/mol. The Morgan fingerprint density at radius 1 is 1.48 bits per heavy atom. The lowest BCUT2D eigenvalue weighted by molar-refractivity contribution is -0.384. The highest BCUT2D eigenvalue weighted by atomic mass is 35.5. The number of nitrogens with zero attached hydrogens (tertiary/aromatic N) is 1. The maximum atomic E-state index is 11.6. The van der Waals surface area contributed by atoms with Gasteiger partial charge in [-0.3, -0.25) is 14.9 Å². The van der Waals surface area contributed by atoms with Crippen molar-refractivity contribution in [3.63, 3.8) is 0 Å². The van der Waals surface area contributed by atoms with Gasteiger partial charge in [-0.15, -0.1) is 0 Å². The first-order valence-electron chi connectivity index (χ1n) is 6.06. The number of carbonyl (C=O) groups is 2. The molecule has 0 radical (unpaired) electrons. The van der Waals surface area contributed by atoms with Gasteiger partial charge in [0.15, 0.2) is 0 Å². The Hall–Kier alpha value is -2.35. The van der Waals surface area contributed by atoms with Gasteiger partial charge in [0.1, 0.15) is 5.02 Å². The van der Waals surface area contributed by atoms with Crippen molar-refractivity contribution in [3.05, 3.63) is 33.3 Å². The quantitative estimate of drug-likeness (QED) is 0.550. The molecule has 1 atom stereocenters. The van der Waals surface area contributed by atoms with Crippen molar-refractivity contribution < 1.29 is 19.6 Å². The standard InChI is InChI=1S/C12H14ClN3O5/c1-2-7(11(17)18)6-14-12(19)15-8-3-4-9(13)10(5-8)16(20)21/h3-5,7H,2,6H2,1H3,(H,17,18)(H2,14,15,19). The fraction of sp³-hybridized carbons (Fsp3) is 0.333. The van der Waals surface area contributed by atoms with E-state index in [1.807, 2.05) is 0 Å². The molecule has 0 aromatic heterocycles. The molecule has 114 valence electrons. The van der Waals surface area contributed by atoms with Crippen LogP contribution in [0.15, 0.2) is 18.2 Å². The molecule has 8 nitrogen and oxygen atoms in total. The van der Waals surface area contributed by atoms with E-state index >= 15 is 0 Å². The normalized spacial score (nSPS) is 11.5. The zero-order chi connectivity index (χ0) is 16.0. The molecule has 3 N–H and O–H groups in total. The number of rotatable bonds is 6. The lowest BCUT2D eigenvalue weighted by Gasteiger charge is -2.12. The fourth-order valence-corrected chi connectivity index (χ4v) is 1.71. The van der Waals surface area contributed by atoms with Crippen molar-refractivity contribution >= 4 is 35.0 Å². The minimum Gasteiger partial charge on any atom is -0.481 e. The zero-order valence-corrected chi connectivity index (χ0v) is 11.9. The van der Waals surface area contributed by atoms with Crippen LogP contribution in [0.4, 0.5) is 16.2 Å². The molecule has 0 heterocycles. The largest absolute Gasteiger partial charge is 0.481 e. The van der Waals surface area contributed by atoms with Crippen LogP contribution in [0, 0.1) is 16.0 Å². The molecule has 21 heavy (non-hydrogen) atoms. The summed E-state index contributed by atoms with van der Waals surface area (Å²) in [6.07, 6.45) is 0.377. The predicted octanol–water partition coefficient (Wildman–Crippen LogP) is 2.48. The summed E-state index contributed by atoms with van der Waals surface area (Å²) in [6.45, 7) is 1.66. The number of amides is 2. The van der Waals surface area contributed by atoms with Crippen molar-refractivity contribution in [2.75, 3.05) is 11.9 Å². The van der Waals surface area contributed by atoms with E-state index in [2.05, 4.69) is 10.6 Å². The molecule has 1 rings (SSSR count). The van der Waals surface area contributed by atoms with Gasteiger partial charge < -0.3 is 15.7 Å². The Labute approximate surface area is 125 Å². The van der Waals surface area contributed by atoms with E-state index in [0.29, 0.717) is 6.42 Å². The molecule has 1 aromatic carbocycles. The first-order valence-corrected chi connectivity index (χ1v) is 6.44. The van der Waals surface area contributed by atoms with Crippen LogP contribution in [0.25, 0.3) is 0 Å². The molecule has 0 saturated heterocycles. The van der Waals surface area contributed by atoms with Gasteiger partial charge in [-0.2, -0.15) is 0 Å². The van der Waals surface area contributed by atoms with E-state index in [9.17, 15) is 19.7 Å². The fourth-order valence-electron chi connectivity index (χ4n) is 1.53. The van der Waals surface area contributed by atoms with Crippen LogP contribution in [0.5, 0.6) is 0 Å². The van der Waals surface area contributed by atoms with Crippen LogP contribution in [-0.4, -0.2) is 28.6 Å². The average Bonchev–Trinajstić information content (AvgIpc) is 2.41. The molecule has 0 aliphatic carbocycles. The molecule has 2 amide bonds. The minimum atomic E-state index is -1.00. The van der Waals surface area contributed by atoms with E-state index in [1.54, 1.807) is 6.92 Å². The molecule has 0 fully saturated rings. The number of aliphatic carboxylic acids is 1. The summed E-state index contributed by atoms with van der Waals surface area (Å²) < 4.78 is 0. The number of nitro benzene ring substituents is 1. The number of carboxylic acids is 1. The van der Waals surface area contributed by atoms with Crippen LogP contribution >= 0.6 is 11.6 Å². The third-order valence-corrected chi connectivity index (χ3v) is 3.07. The molecule has 0 spiro atoms. The van der Waals surface area contributed by atoms with Gasteiger partial charge in [-0.25, -0.2) is 4.79 Å². The first-order chi connectivity index (χ1) is 9.85. The Bertz CT molecular complexity index is 564. The summed E-state index contributed by atoms with van der Waals surface area (Å²) in [4.78, 5) is 32.5. The van der Waals surface area contributed by atoms with Crippen LogP contribution in [-0.2, 0) is 4.79 Å². The van der Waals surface area contributed by atoms with Crippen LogP contribution in [0.3, 0.4) is 0 Å². The maximum Gasteiger partial charge on any atom is 0.319 e. The van der Waals surface area contributed by atoms with Crippen molar-refractivity contribution in [1.82, 2.24) is 5.32 Å². The second-order valence-corrected chi connectivity index (χ2v) is 4.61. The SMILES string of the molecule is CCC(CNC(=O)Nc1ccc(Cl)c([N+](=O)[O-])c1)C(=O)O. The topological polar surface area (TPSA) is 122 Å². The van der Waals surface area contributed by atoms with Gasteiger partial charge in [0.2, 0.25) is 0 Å². The number of hydrogen-bond acceptors (Lipinski definition) is 4. The van der Waals surface area contributed by atoms with E-state index in [-0.39, 0.29) is 22.9 Å². The molecular formula is C12H14ClN3O5. The zero-order valence-electron chi connectivity index (χ0n) is 11.1. The number of nitrogens with one attached hydrogen (secondary N) is 2. The number of benzene rings is 1. The lowest BCUT2D eigenvalue weighted by Crippen LogP contribution is -2.35. The monoisotopic (exact) mass is 315 g/mol. The van der Waals surface area contributed by atoms with Crippen LogP contribution in [0.1, 0.15) is 13.3 Å². The Kier molecular flexibility index (Phi) is 5.92. The van der Waals surface area contributed by atoms with E-state index in [4.69, 9.17) is 16.7 Å². The van der Waals surface area contributed by atoms with E-state index in [1.165, 1.54) is 12.1 Å². The molecular weight excluding hydrogens is 302 g/mol. The summed E-state index contributed by atoms with van der Waals surface area (Å²) >= 11 is 5.65. The molecule has 1 unspecified atom stereocenters. The van der Waals surface area contributed by atoms with Crippen molar-refractivity contribution in [2.24, 2.45) is 5.92 Å². The molecule has 0 bridgehead atoms. The Balaban J connectivity index is 2.65. The summed E-state index contributed by atoms with van der Waals surface area (Å²) in [5.74, 6) is -1.68. The number of urea groups is 1. The minimum absolute atomic E-state index is 0.0344. The molecule has 1 aromatic rings. The smallest absolute Gasteiger partial charge is 0.319 e. The third-order valence-electron chi connectivity index (χ3n) is 2.75. The summed E-state index contributed by atoms with van der Waals surface area (Å²) in [5.41, 5.74) is -0.140. The van der Waals surface area contributed by atoms with Crippen LogP contribution < -0.4 is 10.6 Å². The van der Waals surface area contributed by atoms with Gasteiger partial charge in [0.05, 0.1) is 10.8 Å². The number of carbonyl (C=O) groups excluding carboxylic acids is 1. The highest BCUT2D eigenvalue weighted by Gasteiger charge is 2.17. The van der Waals surface area contributed by atoms with Crippen molar-refractivity contribution in [2.45, 2.75) is 13.3 Å². The van der Waals surface area contributed by atoms with E-state index in [0.717, 1.165) is 6.07 Å². The van der Waals surface area contributed by atoms with Crippen LogP contribution in [0.2, 0.25) is 5.02 Å². The van der Waals surface area contributed by atoms with Gasteiger partial charge in [0.25, 0.3) is 5.69 Å². The van der Waals surface area contributed by atoms with E-state index < -0.39 is 22.8 Å². The molecule has 9 heteroatoms. The highest BCUT2D eigenvalue weighted by molar-refractivity contribution is 6.32. The Morgan fingerprint density at radius 2 is 2.14 bits per heavy atom. The first kappa shape index (κ1) is 16.7. The van der Waals surface area contributed by atoms with Gasteiger partial charge in [-0.1, -0.05) is 18.5 Å². The summed E-state index contributed by atoms with van der Waals surface area (Å²) in [6, 6.07) is 3.17. The summed E-state index contributed by atoms with van der Waals surface area (Å²) in [7, 11) is 0.